The number of anilines is 2. The van der Waals surface area contributed by atoms with Crippen molar-refractivity contribution >= 4 is 11.4 Å². The molecule has 0 unspecified atom stereocenters. The topological polar surface area (TPSA) is 86.6 Å². The van der Waals surface area contributed by atoms with E-state index in [0.717, 1.165) is 37.3 Å². The predicted molar refractivity (Wildman–Crippen MR) is 84.6 cm³/mol. The number of nitrogens with one attached hydrogen (secondary N) is 1. The lowest BCUT2D eigenvalue weighted by Crippen LogP contribution is -2.24. The molecule has 1 aliphatic rings. The lowest BCUT2D eigenvalue weighted by molar-refractivity contribution is 0.726. The fourth-order valence-corrected chi connectivity index (χ4v) is 2.58. The minimum absolute atomic E-state index is 0.00716. The summed E-state index contributed by atoms with van der Waals surface area (Å²) in [5.41, 5.74) is 1.55. The summed E-state index contributed by atoms with van der Waals surface area (Å²) in [5.74, 6) is 0. The SMILES string of the molecule is N#CC(C#N)=C(C#N)Nc1ccccc1N1CCCCCC1. The largest absolute Gasteiger partial charge is 0.370 e. The summed E-state index contributed by atoms with van der Waals surface area (Å²) < 4.78 is 0. The number of allylic oxidation sites excluding steroid dienone is 2. The van der Waals surface area contributed by atoms with Gasteiger partial charge in [-0.3, -0.25) is 0 Å². The van der Waals surface area contributed by atoms with Gasteiger partial charge in [0.15, 0.2) is 5.57 Å². The van der Waals surface area contributed by atoms with Gasteiger partial charge in [-0.2, -0.15) is 15.8 Å². The van der Waals surface area contributed by atoms with Crippen molar-refractivity contribution in [2.45, 2.75) is 25.7 Å². The summed E-state index contributed by atoms with van der Waals surface area (Å²) >= 11 is 0. The first-order valence-corrected chi connectivity index (χ1v) is 7.35. The molecule has 0 saturated carbocycles. The summed E-state index contributed by atoms with van der Waals surface area (Å²) in [4.78, 5) is 2.29. The predicted octanol–water partition coefficient (Wildman–Crippen LogP) is 3.30. The third-order valence-corrected chi connectivity index (χ3v) is 3.70. The molecule has 110 valence electrons. The first-order chi connectivity index (χ1) is 10.8. The smallest absolute Gasteiger partial charge is 0.163 e. The maximum atomic E-state index is 9.18. The third-order valence-electron chi connectivity index (χ3n) is 3.70. The van der Waals surface area contributed by atoms with Crippen molar-refractivity contribution in [2.75, 3.05) is 23.3 Å². The second kappa shape index (κ2) is 7.72. The Balaban J connectivity index is 2.33. The second-order valence-corrected chi connectivity index (χ2v) is 5.13. The molecule has 1 aromatic carbocycles. The van der Waals surface area contributed by atoms with Crippen LogP contribution in [0.15, 0.2) is 35.5 Å². The molecule has 5 nitrogen and oxygen atoms in total. The second-order valence-electron chi connectivity index (χ2n) is 5.13. The summed E-state index contributed by atoms with van der Waals surface area (Å²) in [7, 11) is 0. The Hall–Kier alpha value is -2.97. The molecule has 1 saturated heterocycles. The summed E-state index contributed by atoms with van der Waals surface area (Å²) in [6.45, 7) is 1.96. The molecule has 0 radical (unpaired) electrons. The van der Waals surface area contributed by atoms with Crippen LogP contribution in [0.25, 0.3) is 0 Å². The standard InChI is InChI=1S/C17H17N5/c18-11-14(12-19)16(13-20)21-15-7-3-4-8-17(15)22-9-5-1-2-6-10-22/h3-4,7-8,21H,1-2,5-6,9-10H2. The van der Waals surface area contributed by atoms with E-state index in [9.17, 15) is 5.26 Å². The molecule has 0 spiro atoms. The van der Waals surface area contributed by atoms with Gasteiger partial charge in [-0.05, 0) is 25.0 Å². The van der Waals surface area contributed by atoms with E-state index < -0.39 is 0 Å². The van der Waals surface area contributed by atoms with Gasteiger partial charge in [0.1, 0.15) is 23.9 Å². The van der Waals surface area contributed by atoms with E-state index >= 15 is 0 Å². The molecule has 0 amide bonds. The average molecular weight is 291 g/mol. The van der Waals surface area contributed by atoms with Crippen LogP contribution in [-0.4, -0.2) is 13.1 Å². The molecule has 2 rings (SSSR count). The number of nitrogens with zero attached hydrogens (tertiary/aromatic N) is 4. The van der Waals surface area contributed by atoms with Crippen LogP contribution in [0.1, 0.15) is 25.7 Å². The van der Waals surface area contributed by atoms with Crippen molar-refractivity contribution in [1.82, 2.24) is 0 Å². The van der Waals surface area contributed by atoms with Crippen LogP contribution in [0.3, 0.4) is 0 Å². The van der Waals surface area contributed by atoms with Crippen molar-refractivity contribution in [3.8, 4) is 18.2 Å². The Morgan fingerprint density at radius 2 is 1.55 bits per heavy atom. The van der Waals surface area contributed by atoms with E-state index in [2.05, 4.69) is 10.2 Å². The molecular formula is C17H17N5. The van der Waals surface area contributed by atoms with Crippen LogP contribution >= 0.6 is 0 Å². The molecule has 0 atom stereocenters. The Bertz CT molecular complexity index is 660. The molecule has 0 bridgehead atoms. The highest BCUT2D eigenvalue weighted by atomic mass is 15.1. The highest BCUT2D eigenvalue weighted by molar-refractivity contribution is 5.73. The van der Waals surface area contributed by atoms with E-state index in [1.54, 1.807) is 12.1 Å². The molecule has 1 fully saturated rings. The van der Waals surface area contributed by atoms with E-state index in [1.165, 1.54) is 12.8 Å². The molecule has 0 aliphatic carbocycles. The Morgan fingerprint density at radius 1 is 0.909 bits per heavy atom. The molecule has 1 N–H and O–H groups in total. The zero-order valence-electron chi connectivity index (χ0n) is 12.3. The first kappa shape index (κ1) is 15.4. The number of hydrogen-bond acceptors (Lipinski definition) is 5. The maximum Gasteiger partial charge on any atom is 0.163 e. The normalized spacial score (nSPS) is 14.0. The zero-order chi connectivity index (χ0) is 15.8. The van der Waals surface area contributed by atoms with Crippen LogP contribution in [0.2, 0.25) is 0 Å². The summed E-state index contributed by atoms with van der Waals surface area (Å²) in [6.07, 6.45) is 4.78. The molecule has 1 aromatic rings. The lowest BCUT2D eigenvalue weighted by atomic mass is 10.2. The van der Waals surface area contributed by atoms with Gasteiger partial charge in [0.2, 0.25) is 0 Å². The highest BCUT2D eigenvalue weighted by Gasteiger charge is 2.15. The first-order valence-electron chi connectivity index (χ1n) is 7.35. The maximum absolute atomic E-state index is 9.18. The highest BCUT2D eigenvalue weighted by Crippen LogP contribution is 2.29. The van der Waals surface area contributed by atoms with E-state index in [0.29, 0.717) is 0 Å². The van der Waals surface area contributed by atoms with Gasteiger partial charge in [0.05, 0.1) is 11.4 Å². The fraction of sp³-hybridized carbons (Fsp3) is 0.353. The number of nitriles is 3. The molecule has 22 heavy (non-hydrogen) atoms. The van der Waals surface area contributed by atoms with Crippen LogP contribution in [-0.2, 0) is 0 Å². The van der Waals surface area contributed by atoms with Gasteiger partial charge in [-0.25, -0.2) is 0 Å². The van der Waals surface area contributed by atoms with Crippen LogP contribution in [0.4, 0.5) is 11.4 Å². The Labute approximate surface area is 130 Å². The van der Waals surface area contributed by atoms with Crippen LogP contribution < -0.4 is 10.2 Å². The minimum Gasteiger partial charge on any atom is -0.370 e. The van der Waals surface area contributed by atoms with Crippen LogP contribution in [0.5, 0.6) is 0 Å². The molecule has 1 heterocycles. The number of rotatable bonds is 3. The number of para-hydroxylation sites is 2. The summed E-state index contributed by atoms with van der Waals surface area (Å²) in [5, 5.41) is 30.0. The van der Waals surface area contributed by atoms with Crippen molar-refractivity contribution in [3.05, 3.63) is 35.5 Å². The van der Waals surface area contributed by atoms with Crippen molar-refractivity contribution in [1.29, 1.82) is 15.8 Å². The minimum atomic E-state index is -0.201. The van der Waals surface area contributed by atoms with E-state index in [1.807, 2.05) is 30.3 Å². The van der Waals surface area contributed by atoms with Crippen LogP contribution in [0, 0.1) is 34.0 Å². The van der Waals surface area contributed by atoms with Crippen molar-refractivity contribution in [2.24, 2.45) is 0 Å². The van der Waals surface area contributed by atoms with Gasteiger partial charge >= 0.3 is 0 Å². The van der Waals surface area contributed by atoms with Crippen molar-refractivity contribution in [3.63, 3.8) is 0 Å². The Kier molecular flexibility index (Phi) is 5.41. The molecular weight excluding hydrogens is 274 g/mol. The van der Waals surface area contributed by atoms with Gasteiger partial charge in [-0.15, -0.1) is 0 Å². The Morgan fingerprint density at radius 3 is 2.14 bits per heavy atom. The van der Waals surface area contributed by atoms with Gasteiger partial charge < -0.3 is 10.2 Å². The molecule has 0 aromatic heterocycles. The van der Waals surface area contributed by atoms with Crippen molar-refractivity contribution < 1.29 is 0 Å². The lowest BCUT2D eigenvalue weighted by Gasteiger charge is -2.25. The average Bonchev–Trinajstić information content (AvgIpc) is 2.84. The fourth-order valence-electron chi connectivity index (χ4n) is 2.58. The van der Waals surface area contributed by atoms with Gasteiger partial charge in [-0.1, -0.05) is 25.0 Å². The number of hydrogen-bond donors (Lipinski definition) is 1. The van der Waals surface area contributed by atoms with Gasteiger partial charge in [0.25, 0.3) is 0 Å². The van der Waals surface area contributed by atoms with Gasteiger partial charge in [0, 0.05) is 13.1 Å². The third kappa shape index (κ3) is 3.57. The van der Waals surface area contributed by atoms with E-state index in [4.69, 9.17) is 10.5 Å². The molecule has 1 aliphatic heterocycles. The monoisotopic (exact) mass is 291 g/mol. The zero-order valence-corrected chi connectivity index (χ0v) is 12.3. The van der Waals surface area contributed by atoms with E-state index in [-0.39, 0.29) is 11.3 Å². The number of benzene rings is 1. The summed E-state index contributed by atoms with van der Waals surface area (Å²) in [6, 6.07) is 13.1. The quantitative estimate of drug-likeness (QED) is 0.863. The molecule has 5 heteroatoms.